The summed E-state index contributed by atoms with van der Waals surface area (Å²) in [5, 5.41) is 14.0. The summed E-state index contributed by atoms with van der Waals surface area (Å²) < 4.78 is 5.43. The van der Waals surface area contributed by atoms with Gasteiger partial charge >= 0.3 is 0 Å². The summed E-state index contributed by atoms with van der Waals surface area (Å²) in [6, 6.07) is 4.10. The number of hydrogen-bond donors (Lipinski definition) is 1. The maximum Gasteiger partial charge on any atom is 0.100 e. The molecule has 1 atom stereocenters. The Bertz CT molecular complexity index is 363. The van der Waals surface area contributed by atoms with Crippen LogP contribution >= 0.6 is 11.3 Å². The van der Waals surface area contributed by atoms with Crippen LogP contribution in [0.3, 0.4) is 0 Å². The highest BCUT2D eigenvalue weighted by molar-refractivity contribution is 7.10. The highest BCUT2D eigenvalue weighted by atomic mass is 32.1. The van der Waals surface area contributed by atoms with Gasteiger partial charge in [-0.15, -0.1) is 11.3 Å². The molecule has 0 radical (unpaired) electrons. The van der Waals surface area contributed by atoms with Crippen LogP contribution in [0.5, 0.6) is 0 Å². The number of hydrogen-bond acceptors (Lipinski definition) is 4. The van der Waals surface area contributed by atoms with Crippen molar-refractivity contribution in [3.8, 4) is 6.07 Å². The fourth-order valence-corrected chi connectivity index (χ4v) is 2.68. The molecule has 2 rings (SSSR count). The number of nitrogens with zero attached hydrogens (tertiary/aromatic N) is 1. The third-order valence-electron chi connectivity index (χ3n) is 2.77. The van der Waals surface area contributed by atoms with Crippen LogP contribution in [0.2, 0.25) is 0 Å². The number of thiophene rings is 1. The van der Waals surface area contributed by atoms with E-state index in [0.29, 0.717) is 5.92 Å². The second-order valence-electron chi connectivity index (χ2n) is 4.13. The number of nitrogens with one attached hydrogen (secondary N) is 1. The van der Waals surface area contributed by atoms with Gasteiger partial charge in [0.05, 0.1) is 12.2 Å². The smallest absolute Gasteiger partial charge is 0.100 e. The maximum atomic E-state index is 8.70. The zero-order chi connectivity index (χ0) is 11.2. The van der Waals surface area contributed by atoms with Crippen LogP contribution in [0, 0.1) is 17.2 Å². The van der Waals surface area contributed by atoms with Gasteiger partial charge in [0, 0.05) is 30.0 Å². The molecule has 16 heavy (non-hydrogen) atoms. The van der Waals surface area contributed by atoms with E-state index >= 15 is 0 Å². The molecule has 0 amide bonds. The predicted octanol–water partition coefficient (Wildman–Crippen LogP) is 2.14. The van der Waals surface area contributed by atoms with Gasteiger partial charge in [-0.05, 0) is 24.8 Å². The Kier molecular flexibility index (Phi) is 4.34. The summed E-state index contributed by atoms with van der Waals surface area (Å²) in [5.74, 6) is 0.657. The van der Waals surface area contributed by atoms with E-state index in [2.05, 4.69) is 11.4 Å². The van der Waals surface area contributed by atoms with Gasteiger partial charge in [0.2, 0.25) is 0 Å². The molecular formula is C12H16N2OS. The van der Waals surface area contributed by atoms with Gasteiger partial charge in [0.1, 0.15) is 6.07 Å². The largest absolute Gasteiger partial charge is 0.381 e. The van der Waals surface area contributed by atoms with Crippen molar-refractivity contribution in [2.45, 2.75) is 19.4 Å². The van der Waals surface area contributed by atoms with Gasteiger partial charge < -0.3 is 10.1 Å². The Labute approximate surface area is 100 Å². The van der Waals surface area contributed by atoms with Crippen molar-refractivity contribution in [1.29, 1.82) is 5.26 Å². The van der Waals surface area contributed by atoms with Crippen molar-refractivity contribution in [2.75, 3.05) is 19.8 Å². The zero-order valence-electron chi connectivity index (χ0n) is 9.24. The SMILES string of the molecule is N#Cc1csc(CNCC2CCCOC2)c1. The second kappa shape index (κ2) is 6.00. The molecule has 1 aliphatic rings. The predicted molar refractivity (Wildman–Crippen MR) is 64.3 cm³/mol. The molecule has 86 valence electrons. The fourth-order valence-electron chi connectivity index (χ4n) is 1.90. The van der Waals surface area contributed by atoms with E-state index in [0.717, 1.165) is 31.9 Å². The van der Waals surface area contributed by atoms with Crippen LogP contribution in [-0.4, -0.2) is 19.8 Å². The molecule has 1 fully saturated rings. The minimum Gasteiger partial charge on any atom is -0.381 e. The summed E-state index contributed by atoms with van der Waals surface area (Å²) >= 11 is 1.64. The van der Waals surface area contributed by atoms with Crippen molar-refractivity contribution >= 4 is 11.3 Å². The highest BCUT2D eigenvalue weighted by Gasteiger charge is 2.13. The van der Waals surface area contributed by atoms with E-state index < -0.39 is 0 Å². The van der Waals surface area contributed by atoms with Crippen molar-refractivity contribution in [3.05, 3.63) is 21.9 Å². The molecule has 1 saturated heterocycles. The van der Waals surface area contributed by atoms with Crippen molar-refractivity contribution < 1.29 is 4.74 Å². The Morgan fingerprint density at radius 3 is 3.25 bits per heavy atom. The molecule has 0 aromatic carbocycles. The van der Waals surface area contributed by atoms with Crippen molar-refractivity contribution in [1.82, 2.24) is 5.32 Å². The van der Waals surface area contributed by atoms with Gasteiger partial charge in [-0.2, -0.15) is 5.26 Å². The van der Waals surface area contributed by atoms with Gasteiger partial charge in [-0.1, -0.05) is 0 Å². The van der Waals surface area contributed by atoms with E-state index in [9.17, 15) is 0 Å². The van der Waals surface area contributed by atoms with Gasteiger partial charge in [0.25, 0.3) is 0 Å². The Balaban J connectivity index is 1.69. The van der Waals surface area contributed by atoms with Gasteiger partial charge in [-0.25, -0.2) is 0 Å². The van der Waals surface area contributed by atoms with Crippen molar-refractivity contribution in [2.24, 2.45) is 5.92 Å². The first-order valence-corrected chi connectivity index (χ1v) is 6.52. The minimum absolute atomic E-state index is 0.657. The van der Waals surface area contributed by atoms with Crippen LogP contribution in [0.25, 0.3) is 0 Å². The van der Waals surface area contributed by atoms with Gasteiger partial charge in [-0.3, -0.25) is 0 Å². The van der Waals surface area contributed by atoms with Crippen LogP contribution in [-0.2, 0) is 11.3 Å². The summed E-state index contributed by atoms with van der Waals surface area (Å²) in [6.45, 7) is 3.69. The summed E-state index contributed by atoms with van der Waals surface area (Å²) in [4.78, 5) is 1.23. The van der Waals surface area contributed by atoms with E-state index in [1.807, 2.05) is 11.4 Å². The average molecular weight is 236 g/mol. The number of ether oxygens (including phenoxy) is 1. The third kappa shape index (κ3) is 3.31. The lowest BCUT2D eigenvalue weighted by Crippen LogP contribution is -2.28. The first-order chi connectivity index (χ1) is 7.88. The molecule has 0 aliphatic carbocycles. The average Bonchev–Trinajstić information content (AvgIpc) is 2.78. The standard InChI is InChI=1S/C12H16N2OS/c13-5-11-4-12(16-9-11)7-14-6-10-2-1-3-15-8-10/h4,9-10,14H,1-3,6-8H2. The first kappa shape index (κ1) is 11.6. The molecule has 0 saturated carbocycles. The third-order valence-corrected chi connectivity index (χ3v) is 3.71. The summed E-state index contributed by atoms with van der Waals surface area (Å²) in [5.41, 5.74) is 0.766. The molecule has 2 heterocycles. The Morgan fingerprint density at radius 2 is 2.56 bits per heavy atom. The highest BCUT2D eigenvalue weighted by Crippen LogP contribution is 2.15. The minimum atomic E-state index is 0.657. The molecule has 0 spiro atoms. The lowest BCUT2D eigenvalue weighted by Gasteiger charge is -2.22. The van der Waals surface area contributed by atoms with E-state index in [4.69, 9.17) is 10.00 Å². The Hall–Kier alpha value is -0.890. The van der Waals surface area contributed by atoms with Crippen LogP contribution in [0.4, 0.5) is 0 Å². The van der Waals surface area contributed by atoms with E-state index in [1.165, 1.54) is 17.7 Å². The quantitative estimate of drug-likeness (QED) is 0.871. The summed E-state index contributed by atoms with van der Waals surface area (Å²) in [6.07, 6.45) is 2.45. The molecule has 3 nitrogen and oxygen atoms in total. The first-order valence-electron chi connectivity index (χ1n) is 5.64. The molecule has 1 aromatic heterocycles. The zero-order valence-corrected chi connectivity index (χ0v) is 10.1. The van der Waals surface area contributed by atoms with Crippen LogP contribution in [0.15, 0.2) is 11.4 Å². The molecular weight excluding hydrogens is 220 g/mol. The molecule has 1 aromatic rings. The molecule has 1 unspecified atom stereocenters. The van der Waals surface area contributed by atoms with Crippen molar-refractivity contribution in [3.63, 3.8) is 0 Å². The summed E-state index contributed by atoms with van der Waals surface area (Å²) in [7, 11) is 0. The Morgan fingerprint density at radius 1 is 1.62 bits per heavy atom. The molecule has 0 bridgehead atoms. The monoisotopic (exact) mass is 236 g/mol. The van der Waals surface area contributed by atoms with Gasteiger partial charge in [0.15, 0.2) is 0 Å². The molecule has 1 N–H and O–H groups in total. The van der Waals surface area contributed by atoms with E-state index in [-0.39, 0.29) is 0 Å². The molecule has 4 heteroatoms. The molecule has 1 aliphatic heterocycles. The lowest BCUT2D eigenvalue weighted by atomic mass is 10.0. The van der Waals surface area contributed by atoms with Crippen LogP contribution < -0.4 is 5.32 Å². The second-order valence-corrected chi connectivity index (χ2v) is 5.12. The topological polar surface area (TPSA) is 45.0 Å². The van der Waals surface area contributed by atoms with E-state index in [1.54, 1.807) is 11.3 Å². The number of nitriles is 1. The normalized spacial score (nSPS) is 20.6. The lowest BCUT2D eigenvalue weighted by molar-refractivity contribution is 0.0548. The maximum absolute atomic E-state index is 8.70. The fraction of sp³-hybridized carbons (Fsp3) is 0.583. The number of rotatable bonds is 4. The van der Waals surface area contributed by atoms with Crippen LogP contribution in [0.1, 0.15) is 23.3 Å².